The van der Waals surface area contributed by atoms with Gasteiger partial charge in [0.25, 0.3) is 11.8 Å². The van der Waals surface area contributed by atoms with Crippen LogP contribution in [0.25, 0.3) is 0 Å². The summed E-state index contributed by atoms with van der Waals surface area (Å²) in [7, 11) is 0. The molecule has 2 saturated heterocycles. The smallest absolute Gasteiger partial charge is 0.253 e. The van der Waals surface area contributed by atoms with Gasteiger partial charge in [-0.05, 0) is 18.1 Å². The van der Waals surface area contributed by atoms with Gasteiger partial charge >= 0.3 is 0 Å². The molecule has 1 aromatic rings. The van der Waals surface area contributed by atoms with Crippen LogP contribution in [0.3, 0.4) is 0 Å². The van der Waals surface area contributed by atoms with E-state index in [9.17, 15) is 13.6 Å². The number of hydrogen-bond donors (Lipinski definition) is 0. The Morgan fingerprint density at radius 1 is 1.25 bits per heavy atom. The molecule has 24 heavy (non-hydrogen) atoms. The van der Waals surface area contributed by atoms with E-state index in [1.165, 1.54) is 16.0 Å². The van der Waals surface area contributed by atoms with Gasteiger partial charge in [-0.25, -0.2) is 8.78 Å². The molecule has 0 spiro atoms. The molecule has 0 N–H and O–H groups in total. The van der Waals surface area contributed by atoms with E-state index in [2.05, 4.69) is 24.0 Å². The number of amides is 1. The molecule has 2 fully saturated rings. The summed E-state index contributed by atoms with van der Waals surface area (Å²) in [5.74, 6) is -2.79. The normalized spacial score (nSPS) is 24.8. The monoisotopic (exact) mass is 338 g/mol. The Bertz CT molecular complexity index is 584. The van der Waals surface area contributed by atoms with Crippen LogP contribution in [0.5, 0.6) is 0 Å². The van der Waals surface area contributed by atoms with Gasteiger partial charge in [0, 0.05) is 45.6 Å². The number of aryl methyl sites for hydroxylation is 1. The molecule has 1 atom stereocenters. The lowest BCUT2D eigenvalue weighted by Crippen LogP contribution is -2.53. The molecule has 0 aliphatic carbocycles. The van der Waals surface area contributed by atoms with Gasteiger partial charge in [-0.1, -0.05) is 24.3 Å². The number of benzene rings is 1. The van der Waals surface area contributed by atoms with Gasteiger partial charge in [0.15, 0.2) is 0 Å². The SMILES string of the molecule is Cc1ccccc1CN1CCOC(C(=O)N2CCC(F)(F)CC2)C1. The van der Waals surface area contributed by atoms with Crippen molar-refractivity contribution < 1.29 is 18.3 Å². The molecule has 0 bridgehead atoms. The van der Waals surface area contributed by atoms with Crippen molar-refractivity contribution in [3.8, 4) is 0 Å². The van der Waals surface area contributed by atoms with Crippen LogP contribution in [-0.2, 0) is 16.1 Å². The maximum absolute atomic E-state index is 13.2. The number of hydrogen-bond acceptors (Lipinski definition) is 3. The third-order valence-electron chi connectivity index (χ3n) is 4.89. The topological polar surface area (TPSA) is 32.8 Å². The highest BCUT2D eigenvalue weighted by molar-refractivity contribution is 5.81. The Hall–Kier alpha value is -1.53. The minimum atomic E-state index is -2.64. The van der Waals surface area contributed by atoms with E-state index < -0.39 is 12.0 Å². The van der Waals surface area contributed by atoms with Crippen molar-refractivity contribution in [3.05, 3.63) is 35.4 Å². The van der Waals surface area contributed by atoms with Gasteiger partial charge in [0.1, 0.15) is 6.10 Å². The maximum atomic E-state index is 13.2. The van der Waals surface area contributed by atoms with Crippen LogP contribution in [0.1, 0.15) is 24.0 Å². The van der Waals surface area contributed by atoms with Gasteiger partial charge in [-0.15, -0.1) is 0 Å². The first-order chi connectivity index (χ1) is 11.4. The van der Waals surface area contributed by atoms with E-state index in [0.717, 1.165) is 13.1 Å². The molecular formula is C18H24F2N2O2. The molecule has 0 saturated carbocycles. The van der Waals surface area contributed by atoms with Crippen molar-refractivity contribution in [1.82, 2.24) is 9.80 Å². The number of likely N-dealkylation sites (tertiary alicyclic amines) is 1. The summed E-state index contributed by atoms with van der Waals surface area (Å²) in [6, 6.07) is 8.19. The summed E-state index contributed by atoms with van der Waals surface area (Å²) in [5.41, 5.74) is 2.47. The van der Waals surface area contributed by atoms with Crippen LogP contribution in [0.4, 0.5) is 8.78 Å². The van der Waals surface area contributed by atoms with Crippen molar-refractivity contribution in [2.45, 2.75) is 38.3 Å². The highest BCUT2D eigenvalue weighted by Gasteiger charge is 2.38. The molecule has 1 aromatic carbocycles. The lowest BCUT2D eigenvalue weighted by atomic mass is 10.1. The molecule has 0 radical (unpaired) electrons. The average Bonchev–Trinajstić information content (AvgIpc) is 2.57. The molecule has 3 rings (SSSR count). The first kappa shape index (κ1) is 17.3. The summed E-state index contributed by atoms with van der Waals surface area (Å²) in [6.07, 6.45) is -1.05. The van der Waals surface area contributed by atoms with Gasteiger partial charge in [0.05, 0.1) is 6.61 Å². The Balaban J connectivity index is 1.57. The molecule has 4 nitrogen and oxygen atoms in total. The predicted octanol–water partition coefficient (Wildman–Crippen LogP) is 2.45. The standard InChI is InChI=1S/C18H24F2N2O2/c1-14-4-2-3-5-15(14)12-21-10-11-24-16(13-21)17(23)22-8-6-18(19,20)7-9-22/h2-5,16H,6-13H2,1H3. The third-order valence-corrected chi connectivity index (χ3v) is 4.89. The highest BCUT2D eigenvalue weighted by Crippen LogP contribution is 2.28. The van der Waals surface area contributed by atoms with Crippen molar-refractivity contribution in [2.75, 3.05) is 32.8 Å². The Morgan fingerprint density at radius 2 is 1.96 bits per heavy atom. The number of carbonyl (C=O) groups is 1. The van der Waals surface area contributed by atoms with Crippen LogP contribution >= 0.6 is 0 Å². The van der Waals surface area contributed by atoms with Crippen LogP contribution < -0.4 is 0 Å². The molecule has 2 aliphatic rings. The highest BCUT2D eigenvalue weighted by atomic mass is 19.3. The fourth-order valence-corrected chi connectivity index (χ4v) is 3.28. The Labute approximate surface area is 141 Å². The molecular weight excluding hydrogens is 314 g/mol. The molecule has 2 aliphatic heterocycles. The molecule has 2 heterocycles. The first-order valence-electron chi connectivity index (χ1n) is 8.50. The van der Waals surface area contributed by atoms with E-state index in [4.69, 9.17) is 4.74 Å². The van der Waals surface area contributed by atoms with E-state index in [1.807, 2.05) is 12.1 Å². The number of nitrogens with zero attached hydrogens (tertiary/aromatic N) is 2. The summed E-state index contributed by atoms with van der Waals surface area (Å²) >= 11 is 0. The quantitative estimate of drug-likeness (QED) is 0.849. The molecule has 1 unspecified atom stereocenters. The van der Waals surface area contributed by atoms with Crippen LogP contribution in [0, 0.1) is 6.92 Å². The lowest BCUT2D eigenvalue weighted by molar-refractivity contribution is -0.155. The minimum absolute atomic E-state index is 0.115. The number of morpholine rings is 1. The Morgan fingerprint density at radius 3 is 2.67 bits per heavy atom. The fourth-order valence-electron chi connectivity index (χ4n) is 3.28. The fraction of sp³-hybridized carbons (Fsp3) is 0.611. The Kier molecular flexibility index (Phi) is 5.15. The first-order valence-corrected chi connectivity index (χ1v) is 8.50. The second-order valence-corrected chi connectivity index (χ2v) is 6.70. The van der Waals surface area contributed by atoms with E-state index in [1.54, 1.807) is 0 Å². The molecule has 0 aromatic heterocycles. The zero-order valence-corrected chi connectivity index (χ0v) is 14.0. The molecule has 132 valence electrons. The van der Waals surface area contributed by atoms with Gasteiger partial charge < -0.3 is 9.64 Å². The van der Waals surface area contributed by atoms with Crippen molar-refractivity contribution in [3.63, 3.8) is 0 Å². The number of ether oxygens (including phenoxy) is 1. The zero-order chi connectivity index (χ0) is 17.2. The maximum Gasteiger partial charge on any atom is 0.253 e. The van der Waals surface area contributed by atoms with Crippen molar-refractivity contribution in [1.29, 1.82) is 0 Å². The number of carbonyl (C=O) groups excluding carboxylic acids is 1. The zero-order valence-electron chi connectivity index (χ0n) is 14.0. The van der Waals surface area contributed by atoms with Crippen LogP contribution in [0.2, 0.25) is 0 Å². The van der Waals surface area contributed by atoms with Gasteiger partial charge in [-0.2, -0.15) is 0 Å². The van der Waals surface area contributed by atoms with Crippen molar-refractivity contribution >= 4 is 5.91 Å². The number of alkyl halides is 2. The molecule has 1 amide bonds. The van der Waals surface area contributed by atoms with Crippen LogP contribution in [0.15, 0.2) is 24.3 Å². The minimum Gasteiger partial charge on any atom is -0.366 e. The van der Waals surface area contributed by atoms with Gasteiger partial charge in [0.2, 0.25) is 0 Å². The average molecular weight is 338 g/mol. The number of rotatable bonds is 3. The second-order valence-electron chi connectivity index (χ2n) is 6.70. The predicted molar refractivity (Wildman–Crippen MR) is 87.0 cm³/mol. The summed E-state index contributed by atoms with van der Waals surface area (Å²) in [5, 5.41) is 0. The largest absolute Gasteiger partial charge is 0.366 e. The van der Waals surface area contributed by atoms with E-state index in [-0.39, 0.29) is 31.8 Å². The summed E-state index contributed by atoms with van der Waals surface area (Å²) < 4.78 is 32.1. The molecule has 6 heteroatoms. The number of piperidine rings is 1. The van der Waals surface area contributed by atoms with Crippen LogP contribution in [-0.4, -0.2) is 60.5 Å². The van der Waals surface area contributed by atoms with Gasteiger partial charge in [-0.3, -0.25) is 9.69 Å². The number of halogens is 2. The third kappa shape index (κ3) is 4.11. The lowest BCUT2D eigenvalue weighted by Gasteiger charge is -2.37. The second kappa shape index (κ2) is 7.15. The summed E-state index contributed by atoms with van der Waals surface area (Å²) in [4.78, 5) is 16.3. The van der Waals surface area contributed by atoms with E-state index >= 15 is 0 Å². The summed E-state index contributed by atoms with van der Waals surface area (Å²) in [6.45, 7) is 4.86. The van der Waals surface area contributed by atoms with Crippen molar-refractivity contribution in [2.24, 2.45) is 0 Å². The van der Waals surface area contributed by atoms with E-state index in [0.29, 0.717) is 13.2 Å².